The minimum Gasteiger partial charge on any atom is -0.496 e. The Bertz CT molecular complexity index is 1160. The number of ether oxygens (including phenoxy) is 1. The number of benzene rings is 2. The monoisotopic (exact) mass is 437 g/mol. The number of methoxy groups -OCH3 is 1. The largest absolute Gasteiger partial charge is 0.496 e. The van der Waals surface area contributed by atoms with Gasteiger partial charge in [0.25, 0.3) is 5.91 Å². The fraction of sp³-hybridized carbons (Fsp3) is 0.100. The normalized spacial score (nSPS) is 10.8. The first-order valence-corrected chi connectivity index (χ1v) is 9.32. The van der Waals surface area contributed by atoms with Crippen LogP contribution in [0.1, 0.15) is 15.9 Å². The van der Waals surface area contributed by atoms with Crippen molar-refractivity contribution in [1.29, 1.82) is 0 Å². The number of fused-ring (bicyclic) bond motifs is 1. The van der Waals surface area contributed by atoms with E-state index in [0.717, 1.165) is 15.8 Å². The highest BCUT2D eigenvalue weighted by Crippen LogP contribution is 2.23. The number of hydrogen-bond donors (Lipinski definition) is 1. The topological polar surface area (TPSA) is 81.9 Å². The number of pyridine rings is 1. The summed E-state index contributed by atoms with van der Waals surface area (Å²) < 4.78 is 7.89. The van der Waals surface area contributed by atoms with E-state index in [1.807, 2.05) is 30.3 Å². The van der Waals surface area contributed by atoms with Gasteiger partial charge in [0.05, 0.1) is 12.8 Å². The smallest absolute Gasteiger partial charge is 0.251 e. The van der Waals surface area contributed by atoms with Gasteiger partial charge in [-0.25, -0.2) is 4.98 Å². The lowest BCUT2D eigenvalue weighted by Gasteiger charge is -2.11. The van der Waals surface area contributed by atoms with E-state index in [1.54, 1.807) is 42.3 Å². The van der Waals surface area contributed by atoms with Gasteiger partial charge in [-0.2, -0.15) is 4.68 Å². The highest BCUT2D eigenvalue weighted by atomic mass is 79.9. The van der Waals surface area contributed by atoms with Crippen LogP contribution in [0.15, 0.2) is 65.3 Å². The fourth-order valence-corrected chi connectivity index (χ4v) is 3.29. The van der Waals surface area contributed by atoms with E-state index in [0.29, 0.717) is 29.0 Å². The van der Waals surface area contributed by atoms with Crippen LogP contribution in [0.2, 0.25) is 0 Å². The Morgan fingerprint density at radius 3 is 2.93 bits per heavy atom. The number of nitrogens with one attached hydrogen (secondary N) is 1. The lowest BCUT2D eigenvalue weighted by atomic mass is 10.1. The third kappa shape index (κ3) is 3.59. The van der Waals surface area contributed by atoms with E-state index in [2.05, 4.69) is 36.5 Å². The van der Waals surface area contributed by atoms with Crippen molar-refractivity contribution in [2.24, 2.45) is 0 Å². The number of hydrogen-bond acceptors (Lipinski definition) is 5. The molecule has 0 unspecified atom stereocenters. The van der Waals surface area contributed by atoms with Crippen LogP contribution in [0.25, 0.3) is 16.9 Å². The van der Waals surface area contributed by atoms with Crippen molar-refractivity contribution >= 4 is 33.0 Å². The van der Waals surface area contributed by atoms with Gasteiger partial charge in [0.1, 0.15) is 11.3 Å². The molecule has 1 amide bonds. The van der Waals surface area contributed by atoms with Crippen LogP contribution in [0.4, 0.5) is 0 Å². The number of amides is 1. The van der Waals surface area contributed by atoms with Crippen molar-refractivity contribution < 1.29 is 9.53 Å². The zero-order valence-corrected chi connectivity index (χ0v) is 16.5. The molecule has 8 heteroatoms. The Morgan fingerprint density at radius 1 is 1.18 bits per heavy atom. The minimum atomic E-state index is -0.193. The van der Waals surface area contributed by atoms with E-state index < -0.39 is 0 Å². The summed E-state index contributed by atoms with van der Waals surface area (Å²) in [5, 5.41) is 11.2. The zero-order chi connectivity index (χ0) is 19.5. The van der Waals surface area contributed by atoms with Gasteiger partial charge in [0.2, 0.25) is 0 Å². The molecule has 0 aliphatic carbocycles. The van der Waals surface area contributed by atoms with E-state index in [1.165, 1.54) is 0 Å². The molecule has 2 aromatic carbocycles. The maximum absolute atomic E-state index is 12.7. The molecule has 4 rings (SSSR count). The number of rotatable bonds is 5. The number of halogens is 1. The highest BCUT2D eigenvalue weighted by Gasteiger charge is 2.12. The van der Waals surface area contributed by atoms with Gasteiger partial charge in [-0.05, 0) is 48.5 Å². The van der Waals surface area contributed by atoms with Crippen molar-refractivity contribution in [2.75, 3.05) is 7.11 Å². The molecule has 0 fully saturated rings. The van der Waals surface area contributed by atoms with Crippen molar-refractivity contribution in [3.63, 3.8) is 0 Å². The van der Waals surface area contributed by atoms with Crippen LogP contribution in [-0.2, 0) is 6.54 Å². The molecule has 0 aliphatic rings. The molecule has 0 saturated carbocycles. The van der Waals surface area contributed by atoms with Crippen LogP contribution in [-0.4, -0.2) is 33.0 Å². The van der Waals surface area contributed by atoms with E-state index in [-0.39, 0.29) is 5.91 Å². The molecule has 4 aromatic rings. The summed E-state index contributed by atoms with van der Waals surface area (Å²) >= 11 is 3.44. The summed E-state index contributed by atoms with van der Waals surface area (Å²) in [7, 11) is 1.61. The predicted octanol–water partition coefficient (Wildman–Crippen LogP) is 3.52. The Morgan fingerprint density at radius 2 is 2.07 bits per heavy atom. The number of carbonyl (C=O) groups is 1. The molecule has 7 nitrogen and oxygen atoms in total. The Kier molecular flexibility index (Phi) is 5.03. The summed E-state index contributed by atoms with van der Waals surface area (Å²) in [5.41, 5.74) is 3.45. The lowest BCUT2D eigenvalue weighted by Crippen LogP contribution is -2.23. The molecule has 0 radical (unpaired) electrons. The average molecular weight is 438 g/mol. The van der Waals surface area contributed by atoms with Gasteiger partial charge in [-0.1, -0.05) is 27.2 Å². The second kappa shape index (κ2) is 7.77. The van der Waals surface area contributed by atoms with E-state index >= 15 is 0 Å². The predicted molar refractivity (Wildman–Crippen MR) is 109 cm³/mol. The van der Waals surface area contributed by atoms with Gasteiger partial charge in [0, 0.05) is 28.3 Å². The Balaban J connectivity index is 1.56. The molecular weight excluding hydrogens is 422 g/mol. The lowest BCUT2D eigenvalue weighted by molar-refractivity contribution is 0.0950. The van der Waals surface area contributed by atoms with Crippen LogP contribution < -0.4 is 10.1 Å². The number of carbonyl (C=O) groups excluding carboxylic acids is 1. The van der Waals surface area contributed by atoms with Crippen LogP contribution in [0.3, 0.4) is 0 Å². The fourth-order valence-electron chi connectivity index (χ4n) is 2.88. The molecule has 0 bridgehead atoms. The highest BCUT2D eigenvalue weighted by molar-refractivity contribution is 9.10. The second-order valence-electron chi connectivity index (χ2n) is 6.04. The van der Waals surface area contributed by atoms with E-state index in [9.17, 15) is 4.79 Å². The first-order chi connectivity index (χ1) is 13.7. The zero-order valence-electron chi connectivity index (χ0n) is 15.0. The average Bonchev–Trinajstić information content (AvgIpc) is 3.16. The molecule has 0 saturated heterocycles. The molecule has 1 N–H and O–H groups in total. The molecule has 0 aliphatic heterocycles. The van der Waals surface area contributed by atoms with Gasteiger partial charge < -0.3 is 10.1 Å². The van der Waals surface area contributed by atoms with Crippen LogP contribution >= 0.6 is 15.9 Å². The summed E-state index contributed by atoms with van der Waals surface area (Å²) in [6, 6.07) is 16.5. The molecular formula is C20H16BrN5O2. The maximum atomic E-state index is 12.7. The third-order valence-corrected chi connectivity index (χ3v) is 4.74. The molecule has 2 aromatic heterocycles. The van der Waals surface area contributed by atoms with Crippen molar-refractivity contribution in [2.45, 2.75) is 6.54 Å². The summed E-state index contributed by atoms with van der Waals surface area (Å²) in [5.74, 6) is 0.527. The molecule has 2 heterocycles. The van der Waals surface area contributed by atoms with Gasteiger partial charge in [-0.15, -0.1) is 5.10 Å². The standard InChI is InChI=1S/C20H16BrN5O2/c1-28-18-8-7-15(21)10-14(18)12-23-20(27)13-4-2-5-16(11-13)26-19-17(24-25-26)6-3-9-22-19/h2-11H,12H2,1H3,(H,23,27). The molecule has 28 heavy (non-hydrogen) atoms. The maximum Gasteiger partial charge on any atom is 0.251 e. The Hall–Kier alpha value is -3.26. The number of nitrogens with zero attached hydrogens (tertiary/aromatic N) is 4. The molecule has 140 valence electrons. The third-order valence-electron chi connectivity index (χ3n) is 4.24. The van der Waals surface area contributed by atoms with E-state index in [4.69, 9.17) is 4.74 Å². The molecule has 0 atom stereocenters. The minimum absolute atomic E-state index is 0.193. The van der Waals surface area contributed by atoms with Crippen LogP contribution in [0.5, 0.6) is 5.75 Å². The molecule has 0 spiro atoms. The first-order valence-electron chi connectivity index (χ1n) is 8.53. The summed E-state index contributed by atoms with van der Waals surface area (Å²) in [6.45, 7) is 0.347. The number of aromatic nitrogens is 4. The SMILES string of the molecule is COc1ccc(Br)cc1CNC(=O)c1cccc(-n2nnc3cccnc32)c1. The van der Waals surface area contributed by atoms with Gasteiger partial charge in [-0.3, -0.25) is 4.79 Å². The first kappa shape index (κ1) is 18.1. The van der Waals surface area contributed by atoms with Crippen molar-refractivity contribution in [3.05, 3.63) is 76.4 Å². The second-order valence-corrected chi connectivity index (χ2v) is 6.95. The van der Waals surface area contributed by atoms with Gasteiger partial charge >= 0.3 is 0 Å². The summed E-state index contributed by atoms with van der Waals surface area (Å²) in [4.78, 5) is 17.0. The Labute approximate surface area is 169 Å². The van der Waals surface area contributed by atoms with Crippen molar-refractivity contribution in [1.82, 2.24) is 25.3 Å². The van der Waals surface area contributed by atoms with Crippen LogP contribution in [0, 0.1) is 0 Å². The van der Waals surface area contributed by atoms with Crippen molar-refractivity contribution in [3.8, 4) is 11.4 Å². The van der Waals surface area contributed by atoms with Gasteiger partial charge in [0.15, 0.2) is 5.65 Å². The summed E-state index contributed by atoms with van der Waals surface area (Å²) in [6.07, 6.45) is 1.68. The quantitative estimate of drug-likeness (QED) is 0.516.